The monoisotopic (exact) mass is 437 g/mol. The molecule has 0 aliphatic carbocycles. The first-order valence-corrected chi connectivity index (χ1v) is 10.7. The molecule has 2 aliphatic rings. The number of hydrogen-bond acceptors (Lipinski definition) is 6. The van der Waals surface area contributed by atoms with Gasteiger partial charge in [0, 0.05) is 18.7 Å². The Morgan fingerprint density at radius 2 is 1.94 bits per heavy atom. The molecule has 0 spiro atoms. The minimum atomic E-state index is -0.557. The number of hydrogen-bond donors (Lipinski definition) is 2. The molecular formula is C23H27N5O4. The van der Waals surface area contributed by atoms with Crippen molar-refractivity contribution in [3.63, 3.8) is 0 Å². The molecule has 1 aromatic carbocycles. The Labute approximate surface area is 185 Å². The number of ether oxygens (including phenoxy) is 1. The summed E-state index contributed by atoms with van der Waals surface area (Å²) in [6.45, 7) is 7.71. The van der Waals surface area contributed by atoms with Gasteiger partial charge in [0.25, 0.3) is 17.4 Å². The van der Waals surface area contributed by atoms with Crippen LogP contribution >= 0.6 is 0 Å². The van der Waals surface area contributed by atoms with Gasteiger partial charge >= 0.3 is 0 Å². The van der Waals surface area contributed by atoms with Crippen LogP contribution in [0, 0.1) is 18.8 Å². The second-order valence-corrected chi connectivity index (χ2v) is 8.76. The Bertz CT molecular complexity index is 1260. The predicted molar refractivity (Wildman–Crippen MR) is 120 cm³/mol. The summed E-state index contributed by atoms with van der Waals surface area (Å²) in [4.78, 5) is 51.7. The first-order valence-electron chi connectivity index (χ1n) is 10.7. The predicted octanol–water partition coefficient (Wildman–Crippen LogP) is 0.909. The van der Waals surface area contributed by atoms with Crippen molar-refractivity contribution in [3.8, 4) is 5.75 Å². The van der Waals surface area contributed by atoms with E-state index < -0.39 is 17.4 Å². The summed E-state index contributed by atoms with van der Waals surface area (Å²) in [5.41, 5.74) is 0.944. The van der Waals surface area contributed by atoms with Crippen LogP contribution in [0.25, 0.3) is 5.57 Å². The van der Waals surface area contributed by atoms with Gasteiger partial charge in [0.05, 0.1) is 24.4 Å². The Kier molecular flexibility index (Phi) is 5.82. The standard InChI is InChI=1S/C23H27N5O4/c1-12-5-6-17(32-4)16(8-12)24-21(30)15-9-18(29)25-20-19(15)22(31)27-23(26-20)28-10-13(2)7-14(3)11-28/h5-6,8,13-14H,7,9-11H2,1-4H3,(H,24,30)(H,25,26,27,29,31). The van der Waals surface area contributed by atoms with Gasteiger partial charge in [-0.15, -0.1) is 0 Å². The SMILES string of the molecule is COc1ccc(C)cc1NC(=O)C1=c2c(nc(N3CC(C)CC(C)C3)[nH]c2=O)=NC(=O)C1. The van der Waals surface area contributed by atoms with E-state index in [0.29, 0.717) is 29.2 Å². The lowest BCUT2D eigenvalue weighted by Gasteiger charge is -2.35. The second-order valence-electron chi connectivity index (χ2n) is 8.76. The smallest absolute Gasteiger partial charge is 0.262 e. The van der Waals surface area contributed by atoms with Gasteiger partial charge in [0.1, 0.15) is 5.75 Å². The van der Waals surface area contributed by atoms with E-state index in [0.717, 1.165) is 25.1 Å². The maximum absolute atomic E-state index is 13.1. The Morgan fingerprint density at radius 1 is 1.22 bits per heavy atom. The van der Waals surface area contributed by atoms with Crippen molar-refractivity contribution in [3.05, 3.63) is 44.8 Å². The van der Waals surface area contributed by atoms with Crippen LogP contribution in [0.1, 0.15) is 32.3 Å². The number of fused-ring (bicyclic) bond motifs is 1. The van der Waals surface area contributed by atoms with Crippen molar-refractivity contribution < 1.29 is 14.3 Å². The molecule has 3 heterocycles. The van der Waals surface area contributed by atoms with Crippen LogP contribution in [0.2, 0.25) is 0 Å². The Balaban J connectivity index is 1.77. The lowest BCUT2D eigenvalue weighted by Crippen LogP contribution is -2.51. The number of amides is 2. The van der Waals surface area contributed by atoms with Crippen molar-refractivity contribution >= 4 is 29.0 Å². The van der Waals surface area contributed by atoms with E-state index in [-0.39, 0.29) is 22.7 Å². The molecule has 2 atom stereocenters. The molecule has 2 N–H and O–H groups in total. The summed E-state index contributed by atoms with van der Waals surface area (Å²) < 4.78 is 5.31. The highest BCUT2D eigenvalue weighted by Gasteiger charge is 2.26. The molecule has 1 fully saturated rings. The molecule has 168 valence electrons. The van der Waals surface area contributed by atoms with Gasteiger partial charge in [0.2, 0.25) is 5.95 Å². The number of aromatic amines is 1. The van der Waals surface area contributed by atoms with Gasteiger partial charge in [-0.25, -0.2) is 0 Å². The number of aromatic nitrogens is 2. The number of aryl methyl sites for hydroxylation is 1. The van der Waals surface area contributed by atoms with Crippen LogP contribution in [-0.4, -0.2) is 42.0 Å². The third-order valence-electron chi connectivity index (χ3n) is 5.79. The van der Waals surface area contributed by atoms with Crippen LogP contribution in [0.4, 0.5) is 11.6 Å². The van der Waals surface area contributed by atoms with Crippen LogP contribution in [-0.2, 0) is 9.59 Å². The van der Waals surface area contributed by atoms with Crippen LogP contribution in [0.15, 0.2) is 28.0 Å². The van der Waals surface area contributed by atoms with Gasteiger partial charge < -0.3 is 15.0 Å². The number of piperidine rings is 1. The minimum absolute atomic E-state index is 0.00719. The lowest BCUT2D eigenvalue weighted by atomic mass is 9.92. The molecule has 2 unspecified atom stereocenters. The third-order valence-corrected chi connectivity index (χ3v) is 5.79. The molecule has 9 heteroatoms. The molecule has 2 aliphatic heterocycles. The van der Waals surface area contributed by atoms with E-state index in [1.807, 2.05) is 17.9 Å². The largest absolute Gasteiger partial charge is 0.495 e. The molecule has 9 nitrogen and oxygen atoms in total. The van der Waals surface area contributed by atoms with E-state index >= 15 is 0 Å². The number of methoxy groups -OCH3 is 1. The maximum Gasteiger partial charge on any atom is 0.262 e. The van der Waals surface area contributed by atoms with Gasteiger partial charge in [-0.2, -0.15) is 9.98 Å². The highest BCUT2D eigenvalue weighted by Crippen LogP contribution is 2.26. The zero-order valence-electron chi connectivity index (χ0n) is 18.7. The molecule has 4 rings (SSSR count). The highest BCUT2D eigenvalue weighted by molar-refractivity contribution is 6.23. The molecule has 0 radical (unpaired) electrons. The number of H-pyrrole nitrogens is 1. The van der Waals surface area contributed by atoms with Crippen molar-refractivity contribution in [2.75, 3.05) is 30.4 Å². The van der Waals surface area contributed by atoms with Crippen molar-refractivity contribution in [1.29, 1.82) is 0 Å². The molecular weight excluding hydrogens is 410 g/mol. The minimum Gasteiger partial charge on any atom is -0.495 e. The van der Waals surface area contributed by atoms with Crippen LogP contribution < -0.4 is 31.2 Å². The molecule has 1 aromatic heterocycles. The summed E-state index contributed by atoms with van der Waals surface area (Å²) in [6, 6.07) is 5.36. The number of benzene rings is 1. The molecule has 2 aromatic rings. The van der Waals surface area contributed by atoms with Gasteiger partial charge in [0.15, 0.2) is 5.49 Å². The third kappa shape index (κ3) is 4.28. The topological polar surface area (TPSA) is 117 Å². The second kappa shape index (κ2) is 8.57. The van der Waals surface area contributed by atoms with E-state index in [9.17, 15) is 14.4 Å². The molecule has 0 saturated carbocycles. The summed E-state index contributed by atoms with van der Waals surface area (Å²) in [5, 5.41) is 2.80. The van der Waals surface area contributed by atoms with Gasteiger partial charge in [-0.1, -0.05) is 19.9 Å². The molecule has 32 heavy (non-hydrogen) atoms. The molecule has 2 amide bonds. The Hall–Kier alpha value is -3.49. The molecule has 1 saturated heterocycles. The van der Waals surface area contributed by atoms with Crippen molar-refractivity contribution in [2.24, 2.45) is 16.8 Å². The number of carbonyl (C=O) groups excluding carboxylic acids is 2. The van der Waals surface area contributed by atoms with Crippen molar-refractivity contribution in [2.45, 2.75) is 33.6 Å². The fourth-order valence-electron chi connectivity index (χ4n) is 4.50. The summed E-state index contributed by atoms with van der Waals surface area (Å²) in [5.74, 6) is 0.701. The zero-order chi connectivity index (χ0) is 23.0. The number of rotatable bonds is 4. The first kappa shape index (κ1) is 21.7. The normalized spacial score (nSPS) is 20.4. The first-order chi connectivity index (χ1) is 15.2. The van der Waals surface area contributed by atoms with Crippen LogP contribution in [0.5, 0.6) is 5.75 Å². The van der Waals surface area contributed by atoms with E-state index in [4.69, 9.17) is 4.74 Å². The maximum atomic E-state index is 13.1. The Morgan fingerprint density at radius 3 is 2.62 bits per heavy atom. The number of nitrogens with zero attached hydrogens (tertiary/aromatic N) is 3. The average Bonchev–Trinajstić information content (AvgIpc) is 2.72. The van der Waals surface area contributed by atoms with E-state index in [1.165, 1.54) is 7.11 Å². The molecule has 0 bridgehead atoms. The van der Waals surface area contributed by atoms with Gasteiger partial charge in [-0.05, 0) is 42.9 Å². The summed E-state index contributed by atoms with van der Waals surface area (Å²) in [7, 11) is 1.50. The number of nitrogens with one attached hydrogen (secondary N) is 2. The van der Waals surface area contributed by atoms with Crippen molar-refractivity contribution in [1.82, 2.24) is 9.97 Å². The fraction of sp³-hybridized carbons (Fsp3) is 0.435. The summed E-state index contributed by atoms with van der Waals surface area (Å²) in [6.07, 6.45) is 0.837. The average molecular weight is 438 g/mol. The lowest BCUT2D eigenvalue weighted by molar-refractivity contribution is -0.118. The van der Waals surface area contributed by atoms with Crippen LogP contribution in [0.3, 0.4) is 0 Å². The highest BCUT2D eigenvalue weighted by atomic mass is 16.5. The summed E-state index contributed by atoms with van der Waals surface area (Å²) >= 11 is 0. The van der Waals surface area contributed by atoms with Gasteiger partial charge in [-0.3, -0.25) is 19.4 Å². The number of anilines is 2. The fourth-order valence-corrected chi connectivity index (χ4v) is 4.50. The quantitative estimate of drug-likeness (QED) is 0.734. The zero-order valence-corrected chi connectivity index (χ0v) is 18.7. The van der Waals surface area contributed by atoms with E-state index in [2.05, 4.69) is 34.1 Å². The number of carbonyl (C=O) groups is 2. The van der Waals surface area contributed by atoms with E-state index in [1.54, 1.807) is 12.1 Å².